The molecule has 0 radical (unpaired) electrons. The van der Waals surface area contributed by atoms with Gasteiger partial charge >= 0.3 is 0 Å². The number of aliphatic hydroxyl groups is 1. The highest BCUT2D eigenvalue weighted by atomic mass is 127. The van der Waals surface area contributed by atoms with E-state index >= 15 is 0 Å². The van der Waals surface area contributed by atoms with Gasteiger partial charge in [-0.15, -0.1) is 24.0 Å². The van der Waals surface area contributed by atoms with E-state index in [-0.39, 0.29) is 42.1 Å². The molecular formula is C21H34IN3O3. The standard InChI is InChI=1S/C21H33N3O3.HI/c1-22-20(24-15-21(9-11-25)10-13-26-16-21)23-14-18-8-5-12-27-19(18)17-6-3-2-4-7-17;/h2-4,6-7,18-19,25H,5,8-16H2,1H3,(H2,22,23,24);1H. The molecule has 3 unspecified atom stereocenters. The number of halogens is 1. The lowest BCUT2D eigenvalue weighted by atomic mass is 9.84. The smallest absolute Gasteiger partial charge is 0.191 e. The molecule has 6 nitrogen and oxygen atoms in total. The van der Waals surface area contributed by atoms with E-state index in [0.717, 1.165) is 57.9 Å². The fraction of sp³-hybridized carbons (Fsp3) is 0.667. The summed E-state index contributed by atoms with van der Waals surface area (Å²) < 4.78 is 11.7. The number of hydrogen-bond acceptors (Lipinski definition) is 4. The van der Waals surface area contributed by atoms with Gasteiger partial charge in [0, 0.05) is 51.3 Å². The van der Waals surface area contributed by atoms with Crippen LogP contribution in [0.5, 0.6) is 0 Å². The predicted molar refractivity (Wildman–Crippen MR) is 122 cm³/mol. The van der Waals surface area contributed by atoms with Crippen LogP contribution in [0, 0.1) is 11.3 Å². The van der Waals surface area contributed by atoms with E-state index in [1.807, 2.05) is 6.07 Å². The Kier molecular flexibility index (Phi) is 9.98. The number of benzene rings is 1. The van der Waals surface area contributed by atoms with Crippen molar-refractivity contribution in [3.05, 3.63) is 35.9 Å². The van der Waals surface area contributed by atoms with Crippen molar-refractivity contribution in [2.45, 2.75) is 31.8 Å². The monoisotopic (exact) mass is 503 g/mol. The Bertz CT molecular complexity index is 594. The van der Waals surface area contributed by atoms with Crippen molar-refractivity contribution < 1.29 is 14.6 Å². The average Bonchev–Trinajstić information content (AvgIpc) is 3.18. The first kappa shape index (κ1) is 23.4. The zero-order valence-electron chi connectivity index (χ0n) is 16.7. The minimum atomic E-state index is 0. The molecule has 1 aromatic carbocycles. The molecule has 2 aliphatic heterocycles. The second-order valence-corrected chi connectivity index (χ2v) is 7.69. The average molecular weight is 503 g/mol. The number of aliphatic imine (C=N–C) groups is 1. The van der Waals surface area contributed by atoms with Gasteiger partial charge < -0.3 is 25.2 Å². The minimum absolute atomic E-state index is 0. The first-order valence-electron chi connectivity index (χ1n) is 10.1. The molecular weight excluding hydrogens is 469 g/mol. The van der Waals surface area contributed by atoms with E-state index in [9.17, 15) is 5.11 Å². The number of rotatable bonds is 7. The number of aliphatic hydroxyl groups excluding tert-OH is 1. The Labute approximate surface area is 185 Å². The molecule has 0 spiro atoms. The van der Waals surface area contributed by atoms with E-state index in [1.54, 1.807) is 7.05 Å². The van der Waals surface area contributed by atoms with Gasteiger partial charge in [-0.05, 0) is 31.2 Å². The molecule has 0 bridgehead atoms. The van der Waals surface area contributed by atoms with E-state index in [1.165, 1.54) is 5.56 Å². The number of hydrogen-bond donors (Lipinski definition) is 3. The normalized spacial score (nSPS) is 27.9. The third-order valence-corrected chi connectivity index (χ3v) is 5.79. The molecule has 0 saturated carbocycles. The molecule has 28 heavy (non-hydrogen) atoms. The lowest BCUT2D eigenvalue weighted by Crippen LogP contribution is -2.46. The van der Waals surface area contributed by atoms with Gasteiger partial charge in [-0.3, -0.25) is 4.99 Å². The summed E-state index contributed by atoms with van der Waals surface area (Å²) in [6.07, 6.45) is 4.10. The quantitative estimate of drug-likeness (QED) is 0.303. The van der Waals surface area contributed by atoms with Gasteiger partial charge in [0.1, 0.15) is 0 Å². The van der Waals surface area contributed by atoms with Crippen LogP contribution in [-0.4, -0.2) is 57.6 Å². The van der Waals surface area contributed by atoms with Gasteiger partial charge in [0.25, 0.3) is 0 Å². The van der Waals surface area contributed by atoms with Crippen LogP contribution in [0.1, 0.15) is 37.4 Å². The molecule has 2 saturated heterocycles. The summed E-state index contributed by atoms with van der Waals surface area (Å²) in [6, 6.07) is 10.5. The van der Waals surface area contributed by atoms with Crippen molar-refractivity contribution in [1.82, 2.24) is 10.6 Å². The third-order valence-electron chi connectivity index (χ3n) is 5.79. The molecule has 0 aliphatic carbocycles. The second-order valence-electron chi connectivity index (χ2n) is 7.69. The Morgan fingerprint density at radius 1 is 1.25 bits per heavy atom. The first-order valence-corrected chi connectivity index (χ1v) is 10.1. The van der Waals surface area contributed by atoms with Crippen molar-refractivity contribution in [2.75, 3.05) is 46.6 Å². The number of nitrogens with one attached hydrogen (secondary N) is 2. The van der Waals surface area contributed by atoms with Crippen LogP contribution in [0.15, 0.2) is 35.3 Å². The molecule has 3 atom stereocenters. The maximum Gasteiger partial charge on any atom is 0.191 e. The van der Waals surface area contributed by atoms with Crippen LogP contribution in [0.2, 0.25) is 0 Å². The Hall–Kier alpha value is -0.900. The van der Waals surface area contributed by atoms with Gasteiger partial charge in [0.2, 0.25) is 0 Å². The van der Waals surface area contributed by atoms with Gasteiger partial charge in [0.05, 0.1) is 12.7 Å². The number of nitrogens with zero attached hydrogens (tertiary/aromatic N) is 1. The van der Waals surface area contributed by atoms with Crippen molar-refractivity contribution in [3.8, 4) is 0 Å². The highest BCUT2D eigenvalue weighted by Crippen LogP contribution is 2.33. The summed E-state index contributed by atoms with van der Waals surface area (Å²) in [5, 5.41) is 16.3. The SMILES string of the molecule is CN=C(NCC1CCCOC1c1ccccc1)NCC1(CCO)CCOC1.I. The zero-order chi connectivity index (χ0) is 19.0. The number of guanidine groups is 1. The molecule has 2 heterocycles. The fourth-order valence-electron chi connectivity index (χ4n) is 4.09. The molecule has 158 valence electrons. The summed E-state index contributed by atoms with van der Waals surface area (Å²) in [5.41, 5.74) is 1.25. The lowest BCUT2D eigenvalue weighted by Gasteiger charge is -2.33. The second kappa shape index (κ2) is 11.9. The third kappa shape index (κ3) is 6.30. The van der Waals surface area contributed by atoms with E-state index < -0.39 is 0 Å². The Morgan fingerprint density at radius 2 is 2.07 bits per heavy atom. The molecule has 2 aliphatic rings. The Morgan fingerprint density at radius 3 is 2.75 bits per heavy atom. The summed E-state index contributed by atoms with van der Waals surface area (Å²) in [4.78, 5) is 4.37. The maximum absolute atomic E-state index is 9.38. The fourth-order valence-corrected chi connectivity index (χ4v) is 4.09. The van der Waals surface area contributed by atoms with E-state index in [2.05, 4.69) is 39.9 Å². The van der Waals surface area contributed by atoms with Crippen LogP contribution < -0.4 is 10.6 Å². The molecule has 7 heteroatoms. The van der Waals surface area contributed by atoms with Crippen LogP contribution >= 0.6 is 24.0 Å². The topological polar surface area (TPSA) is 75.1 Å². The largest absolute Gasteiger partial charge is 0.396 e. The summed E-state index contributed by atoms with van der Waals surface area (Å²) in [6.45, 7) is 4.07. The van der Waals surface area contributed by atoms with Crippen molar-refractivity contribution in [2.24, 2.45) is 16.3 Å². The van der Waals surface area contributed by atoms with Crippen LogP contribution in [0.3, 0.4) is 0 Å². The molecule has 1 aromatic rings. The molecule has 2 fully saturated rings. The van der Waals surface area contributed by atoms with Gasteiger partial charge in [-0.2, -0.15) is 0 Å². The molecule has 3 rings (SSSR count). The van der Waals surface area contributed by atoms with Gasteiger partial charge in [-0.1, -0.05) is 30.3 Å². The van der Waals surface area contributed by atoms with Crippen molar-refractivity contribution >= 4 is 29.9 Å². The van der Waals surface area contributed by atoms with E-state index in [4.69, 9.17) is 9.47 Å². The van der Waals surface area contributed by atoms with Crippen LogP contribution in [0.4, 0.5) is 0 Å². The van der Waals surface area contributed by atoms with Crippen molar-refractivity contribution in [3.63, 3.8) is 0 Å². The number of ether oxygens (including phenoxy) is 2. The highest BCUT2D eigenvalue weighted by molar-refractivity contribution is 14.0. The van der Waals surface area contributed by atoms with Gasteiger partial charge in [-0.25, -0.2) is 0 Å². The van der Waals surface area contributed by atoms with Gasteiger partial charge in [0.15, 0.2) is 5.96 Å². The molecule has 3 N–H and O–H groups in total. The maximum atomic E-state index is 9.38. The van der Waals surface area contributed by atoms with E-state index in [0.29, 0.717) is 12.5 Å². The molecule has 0 amide bonds. The lowest BCUT2D eigenvalue weighted by molar-refractivity contribution is -0.0265. The van der Waals surface area contributed by atoms with Crippen LogP contribution in [-0.2, 0) is 9.47 Å². The zero-order valence-corrected chi connectivity index (χ0v) is 19.1. The Balaban J connectivity index is 0.00000280. The van der Waals surface area contributed by atoms with Crippen LogP contribution in [0.25, 0.3) is 0 Å². The van der Waals surface area contributed by atoms with Crippen molar-refractivity contribution in [1.29, 1.82) is 0 Å². The summed E-state index contributed by atoms with van der Waals surface area (Å²) in [7, 11) is 1.80. The predicted octanol–water partition coefficient (Wildman–Crippen LogP) is 2.73. The summed E-state index contributed by atoms with van der Waals surface area (Å²) >= 11 is 0. The first-order chi connectivity index (χ1) is 13.3. The molecule has 0 aromatic heterocycles. The highest BCUT2D eigenvalue weighted by Gasteiger charge is 2.34. The summed E-state index contributed by atoms with van der Waals surface area (Å²) in [5.74, 6) is 1.22. The minimum Gasteiger partial charge on any atom is -0.396 e.